The van der Waals surface area contributed by atoms with Gasteiger partial charge in [0.05, 0.1) is 37.2 Å². The van der Waals surface area contributed by atoms with Crippen LogP contribution in [0, 0.1) is 0 Å². The smallest absolute Gasteiger partial charge is 0.305 e. The van der Waals surface area contributed by atoms with Crippen molar-refractivity contribution >= 4 is 21.7 Å². The predicted molar refractivity (Wildman–Crippen MR) is 92.9 cm³/mol. The van der Waals surface area contributed by atoms with Gasteiger partial charge in [-0.15, -0.1) is 0 Å². The lowest BCUT2D eigenvalue weighted by Gasteiger charge is -2.34. The summed E-state index contributed by atoms with van der Waals surface area (Å²) in [5.41, 5.74) is 0. The maximum atomic E-state index is 12.3. The van der Waals surface area contributed by atoms with Gasteiger partial charge in [0.1, 0.15) is 5.75 Å². The van der Waals surface area contributed by atoms with Crippen LogP contribution in [0.2, 0.25) is 0 Å². The number of hydrogen-bond acceptors (Lipinski definition) is 6. The number of amides is 1. The molecule has 1 heterocycles. The fourth-order valence-corrected chi connectivity index (χ4v) is 3.32. The Morgan fingerprint density at radius 1 is 1.31 bits per heavy atom. The van der Waals surface area contributed by atoms with E-state index in [2.05, 4.69) is 0 Å². The molecule has 0 aliphatic carbocycles. The Hall–Kier alpha value is -2.13. The van der Waals surface area contributed by atoms with Gasteiger partial charge >= 0.3 is 5.97 Å². The maximum absolute atomic E-state index is 12.3. The summed E-state index contributed by atoms with van der Waals surface area (Å²) in [4.78, 5) is 25.0. The summed E-state index contributed by atoms with van der Waals surface area (Å²) < 4.78 is 33.6. The Balaban J connectivity index is 1.78. The molecule has 1 aromatic rings. The number of carboxylic acids is 1. The lowest BCUT2D eigenvalue weighted by atomic mass is 10.1. The first-order valence-corrected chi connectivity index (χ1v) is 10.2. The van der Waals surface area contributed by atoms with Crippen LogP contribution in [0.3, 0.4) is 0 Å². The highest BCUT2D eigenvalue weighted by Crippen LogP contribution is 2.17. The van der Waals surface area contributed by atoms with E-state index < -0.39 is 21.8 Å². The van der Waals surface area contributed by atoms with E-state index in [1.165, 1.54) is 12.1 Å². The summed E-state index contributed by atoms with van der Waals surface area (Å²) in [5, 5.41) is 8.92. The number of ether oxygens (including phenoxy) is 2. The van der Waals surface area contributed by atoms with Gasteiger partial charge < -0.3 is 19.5 Å². The monoisotopic (exact) mass is 385 g/mol. The lowest BCUT2D eigenvalue weighted by molar-refractivity contribution is -0.146. The Labute approximate surface area is 152 Å². The van der Waals surface area contributed by atoms with Crippen LogP contribution in [-0.2, 0) is 24.2 Å². The van der Waals surface area contributed by atoms with Crippen LogP contribution < -0.4 is 4.74 Å². The Bertz CT molecular complexity index is 730. The molecular formula is C17H23NO7S. The van der Waals surface area contributed by atoms with Crippen LogP contribution in [0.1, 0.15) is 19.3 Å². The third-order valence-corrected chi connectivity index (χ3v) is 5.14. The molecule has 0 spiro atoms. The third-order valence-electron chi connectivity index (χ3n) is 4.01. The van der Waals surface area contributed by atoms with E-state index in [-0.39, 0.29) is 30.3 Å². The molecular weight excluding hydrogens is 362 g/mol. The van der Waals surface area contributed by atoms with Crippen LogP contribution in [0.25, 0.3) is 0 Å². The van der Waals surface area contributed by atoms with Crippen molar-refractivity contribution in [2.45, 2.75) is 30.2 Å². The molecule has 1 fully saturated rings. The van der Waals surface area contributed by atoms with Gasteiger partial charge in [0, 0.05) is 19.2 Å². The normalized spacial score (nSPS) is 17.7. The Morgan fingerprint density at radius 3 is 2.62 bits per heavy atom. The van der Waals surface area contributed by atoms with E-state index in [1.54, 1.807) is 17.0 Å². The van der Waals surface area contributed by atoms with Gasteiger partial charge in [0.2, 0.25) is 5.91 Å². The number of sulfone groups is 1. The molecule has 0 saturated carbocycles. The topological polar surface area (TPSA) is 110 Å². The molecule has 1 aromatic carbocycles. The molecule has 1 aliphatic heterocycles. The van der Waals surface area contributed by atoms with Gasteiger partial charge in [0.15, 0.2) is 9.84 Å². The van der Waals surface area contributed by atoms with Crippen LogP contribution >= 0.6 is 0 Å². The average molecular weight is 385 g/mol. The van der Waals surface area contributed by atoms with Gasteiger partial charge in [-0.25, -0.2) is 8.42 Å². The zero-order valence-corrected chi connectivity index (χ0v) is 15.4. The SMILES string of the molecule is CS(=O)(=O)c1ccc(OCCCC(=O)N2CCOCC2CC(=O)O)cc1. The standard InChI is InChI=1S/C17H23NO7S/c1-26(22,23)15-6-4-14(5-7-15)25-9-2-3-16(19)18-8-10-24-12-13(18)11-17(20)21/h4-7,13H,2-3,8-12H2,1H3,(H,20,21). The molecule has 1 N–H and O–H groups in total. The summed E-state index contributed by atoms with van der Waals surface area (Å²) in [6.45, 7) is 1.34. The van der Waals surface area contributed by atoms with Gasteiger partial charge in [-0.05, 0) is 30.7 Å². The van der Waals surface area contributed by atoms with Crippen LogP contribution in [0.4, 0.5) is 0 Å². The summed E-state index contributed by atoms with van der Waals surface area (Å²) >= 11 is 0. The Morgan fingerprint density at radius 2 is 2.00 bits per heavy atom. The highest BCUT2D eigenvalue weighted by atomic mass is 32.2. The van der Waals surface area contributed by atoms with Crippen molar-refractivity contribution in [3.05, 3.63) is 24.3 Å². The highest BCUT2D eigenvalue weighted by molar-refractivity contribution is 7.90. The molecule has 2 rings (SSSR count). The number of aliphatic carboxylic acids is 1. The zero-order valence-electron chi connectivity index (χ0n) is 14.6. The summed E-state index contributed by atoms with van der Waals surface area (Å²) in [6.07, 6.45) is 1.73. The van der Waals surface area contributed by atoms with Crippen molar-refractivity contribution < 1.29 is 32.6 Å². The summed E-state index contributed by atoms with van der Waals surface area (Å²) in [7, 11) is -3.24. The number of carbonyl (C=O) groups excluding carboxylic acids is 1. The molecule has 26 heavy (non-hydrogen) atoms. The number of nitrogens with zero attached hydrogens (tertiary/aromatic N) is 1. The molecule has 0 bridgehead atoms. The molecule has 9 heteroatoms. The molecule has 8 nitrogen and oxygen atoms in total. The highest BCUT2D eigenvalue weighted by Gasteiger charge is 2.28. The molecule has 1 saturated heterocycles. The molecule has 0 aromatic heterocycles. The zero-order chi connectivity index (χ0) is 19.2. The van der Waals surface area contributed by atoms with Crippen LogP contribution in [0.5, 0.6) is 5.75 Å². The van der Waals surface area contributed by atoms with E-state index in [0.717, 1.165) is 6.26 Å². The fraction of sp³-hybridized carbons (Fsp3) is 0.529. The quantitative estimate of drug-likeness (QED) is 0.663. The van der Waals surface area contributed by atoms with Crippen LogP contribution in [0.15, 0.2) is 29.2 Å². The van der Waals surface area contributed by atoms with E-state index >= 15 is 0 Å². The largest absolute Gasteiger partial charge is 0.494 e. The van der Waals surface area contributed by atoms with Crippen molar-refractivity contribution in [1.82, 2.24) is 4.90 Å². The minimum atomic E-state index is -3.24. The number of benzene rings is 1. The minimum absolute atomic E-state index is 0.115. The van der Waals surface area contributed by atoms with Crippen molar-refractivity contribution in [2.75, 3.05) is 32.6 Å². The number of hydrogen-bond donors (Lipinski definition) is 1. The number of carbonyl (C=O) groups is 2. The molecule has 1 amide bonds. The fourth-order valence-electron chi connectivity index (χ4n) is 2.69. The molecule has 1 aliphatic rings. The second-order valence-electron chi connectivity index (χ2n) is 6.11. The Kier molecular flexibility index (Phi) is 6.98. The predicted octanol–water partition coefficient (Wildman–Crippen LogP) is 0.951. The average Bonchev–Trinajstić information content (AvgIpc) is 2.58. The van der Waals surface area contributed by atoms with Crippen molar-refractivity contribution in [3.8, 4) is 5.75 Å². The van der Waals surface area contributed by atoms with E-state index in [9.17, 15) is 18.0 Å². The molecule has 1 unspecified atom stereocenters. The van der Waals surface area contributed by atoms with Gasteiger partial charge in [0.25, 0.3) is 0 Å². The molecule has 144 valence electrons. The minimum Gasteiger partial charge on any atom is -0.494 e. The summed E-state index contributed by atoms with van der Waals surface area (Å²) in [6, 6.07) is 5.66. The van der Waals surface area contributed by atoms with E-state index in [0.29, 0.717) is 31.9 Å². The van der Waals surface area contributed by atoms with Gasteiger partial charge in [-0.3, -0.25) is 9.59 Å². The second-order valence-corrected chi connectivity index (χ2v) is 8.13. The molecule has 1 atom stereocenters. The van der Waals surface area contributed by atoms with E-state index in [1.807, 2.05) is 0 Å². The number of carboxylic acid groups (broad SMARTS) is 1. The lowest BCUT2D eigenvalue weighted by Crippen LogP contribution is -2.49. The third kappa shape index (κ3) is 5.99. The van der Waals surface area contributed by atoms with Crippen molar-refractivity contribution in [3.63, 3.8) is 0 Å². The van der Waals surface area contributed by atoms with Gasteiger partial charge in [-0.1, -0.05) is 0 Å². The van der Waals surface area contributed by atoms with E-state index in [4.69, 9.17) is 14.6 Å². The van der Waals surface area contributed by atoms with Crippen molar-refractivity contribution in [2.24, 2.45) is 0 Å². The second kappa shape index (κ2) is 9.00. The van der Waals surface area contributed by atoms with Crippen molar-refractivity contribution in [1.29, 1.82) is 0 Å². The first-order chi connectivity index (χ1) is 12.3. The summed E-state index contributed by atoms with van der Waals surface area (Å²) in [5.74, 6) is -0.547. The van der Waals surface area contributed by atoms with Crippen LogP contribution in [-0.4, -0.2) is 69.0 Å². The first-order valence-electron chi connectivity index (χ1n) is 8.29. The van der Waals surface area contributed by atoms with Gasteiger partial charge in [-0.2, -0.15) is 0 Å². The number of morpholine rings is 1. The maximum Gasteiger partial charge on any atom is 0.305 e. The number of rotatable bonds is 8. The molecule has 0 radical (unpaired) electrons. The first kappa shape index (κ1) is 20.2.